The predicted molar refractivity (Wildman–Crippen MR) is 93.3 cm³/mol. The molecule has 4 nitrogen and oxygen atoms in total. The highest BCUT2D eigenvalue weighted by atomic mass is 32.2. The van der Waals surface area contributed by atoms with E-state index in [0.717, 1.165) is 5.76 Å². The molecule has 0 amide bonds. The van der Waals surface area contributed by atoms with Crippen molar-refractivity contribution in [1.29, 1.82) is 0 Å². The fourth-order valence-corrected chi connectivity index (χ4v) is 2.36. The lowest BCUT2D eigenvalue weighted by Gasteiger charge is -2.08. The number of anilines is 1. The van der Waals surface area contributed by atoms with Crippen molar-refractivity contribution in [2.45, 2.75) is 24.5 Å². The number of benzene rings is 1. The third kappa shape index (κ3) is 5.65. The van der Waals surface area contributed by atoms with E-state index >= 15 is 0 Å². The SMILES string of the molecule is CC(=NNC(=S)Nc1ccc(SC(F)F)cc1)c1ccc(C)o1. The van der Waals surface area contributed by atoms with Gasteiger partial charge >= 0.3 is 0 Å². The monoisotopic (exact) mass is 355 g/mol. The fourth-order valence-electron chi connectivity index (χ4n) is 1.70. The van der Waals surface area contributed by atoms with Crippen LogP contribution in [0.25, 0.3) is 0 Å². The molecule has 2 aromatic rings. The van der Waals surface area contributed by atoms with E-state index in [9.17, 15) is 8.78 Å². The van der Waals surface area contributed by atoms with Crippen LogP contribution in [0.1, 0.15) is 18.4 Å². The highest BCUT2D eigenvalue weighted by Gasteiger charge is 2.06. The van der Waals surface area contributed by atoms with Crippen molar-refractivity contribution in [3.8, 4) is 0 Å². The first-order valence-corrected chi connectivity index (χ1v) is 7.96. The maximum absolute atomic E-state index is 12.2. The highest BCUT2D eigenvalue weighted by Crippen LogP contribution is 2.26. The Balaban J connectivity index is 1.89. The smallest absolute Gasteiger partial charge is 0.288 e. The molecule has 1 aromatic heterocycles. The lowest BCUT2D eigenvalue weighted by Crippen LogP contribution is -2.24. The van der Waals surface area contributed by atoms with Gasteiger partial charge in [-0.2, -0.15) is 13.9 Å². The second-order valence-corrected chi connectivity index (χ2v) is 6.05. The summed E-state index contributed by atoms with van der Waals surface area (Å²) in [5.41, 5.74) is 4.05. The van der Waals surface area contributed by atoms with E-state index < -0.39 is 5.76 Å². The van der Waals surface area contributed by atoms with Gasteiger partial charge in [0.25, 0.3) is 5.76 Å². The topological polar surface area (TPSA) is 49.6 Å². The van der Waals surface area contributed by atoms with Crippen LogP contribution in [0.15, 0.2) is 50.8 Å². The minimum Gasteiger partial charge on any atom is -0.460 e. The molecule has 0 saturated carbocycles. The Morgan fingerprint density at radius 1 is 1.22 bits per heavy atom. The normalized spacial score (nSPS) is 11.6. The van der Waals surface area contributed by atoms with Crippen LogP contribution in [0.2, 0.25) is 0 Å². The molecule has 8 heteroatoms. The fraction of sp³-hybridized carbons (Fsp3) is 0.200. The Bertz CT molecular complexity index is 699. The van der Waals surface area contributed by atoms with E-state index in [4.69, 9.17) is 16.6 Å². The van der Waals surface area contributed by atoms with Crippen molar-refractivity contribution in [1.82, 2.24) is 5.43 Å². The van der Waals surface area contributed by atoms with E-state index in [1.807, 2.05) is 19.1 Å². The van der Waals surface area contributed by atoms with Gasteiger partial charge in [-0.3, -0.25) is 5.43 Å². The molecule has 0 unspecified atom stereocenters. The van der Waals surface area contributed by atoms with Gasteiger partial charge in [0.05, 0.1) is 0 Å². The van der Waals surface area contributed by atoms with Crippen LogP contribution in [0.5, 0.6) is 0 Å². The van der Waals surface area contributed by atoms with E-state index in [1.54, 1.807) is 31.2 Å². The molecule has 0 radical (unpaired) electrons. The second-order valence-electron chi connectivity index (χ2n) is 4.58. The van der Waals surface area contributed by atoms with Gasteiger partial charge in [0.1, 0.15) is 17.2 Å². The molecule has 0 spiro atoms. The maximum atomic E-state index is 12.2. The summed E-state index contributed by atoms with van der Waals surface area (Å²) in [7, 11) is 0. The molecule has 0 saturated heterocycles. The van der Waals surface area contributed by atoms with Crippen LogP contribution in [0.4, 0.5) is 14.5 Å². The Morgan fingerprint density at radius 3 is 2.48 bits per heavy atom. The zero-order chi connectivity index (χ0) is 16.8. The van der Waals surface area contributed by atoms with Crippen LogP contribution in [0, 0.1) is 6.92 Å². The van der Waals surface area contributed by atoms with Crippen molar-refractivity contribution >= 4 is 40.5 Å². The van der Waals surface area contributed by atoms with Crippen LogP contribution < -0.4 is 10.7 Å². The summed E-state index contributed by atoms with van der Waals surface area (Å²) < 4.78 is 29.9. The highest BCUT2D eigenvalue weighted by molar-refractivity contribution is 7.99. The lowest BCUT2D eigenvalue weighted by molar-refractivity contribution is 0.252. The van der Waals surface area contributed by atoms with Gasteiger partial charge in [0.2, 0.25) is 0 Å². The summed E-state index contributed by atoms with van der Waals surface area (Å²) in [6, 6.07) is 10.2. The third-order valence-electron chi connectivity index (χ3n) is 2.76. The average molecular weight is 355 g/mol. The number of hydrazone groups is 1. The van der Waals surface area contributed by atoms with Crippen molar-refractivity contribution in [2.24, 2.45) is 5.10 Å². The summed E-state index contributed by atoms with van der Waals surface area (Å²) in [4.78, 5) is 0.492. The Kier molecular flexibility index (Phi) is 6.12. The Labute approximate surface area is 142 Å². The number of thioether (sulfide) groups is 1. The number of hydrogen-bond donors (Lipinski definition) is 2. The van der Waals surface area contributed by atoms with Gasteiger partial charge in [-0.05, 0) is 62.5 Å². The summed E-state index contributed by atoms with van der Waals surface area (Å²) >= 11 is 5.63. The number of alkyl halides is 2. The molecule has 2 rings (SSSR count). The van der Waals surface area contributed by atoms with Crippen molar-refractivity contribution in [2.75, 3.05) is 5.32 Å². The van der Waals surface area contributed by atoms with Gasteiger partial charge in [-0.1, -0.05) is 11.8 Å². The van der Waals surface area contributed by atoms with Gasteiger partial charge in [0.15, 0.2) is 5.11 Å². The molecule has 0 fully saturated rings. The van der Waals surface area contributed by atoms with E-state index in [-0.39, 0.29) is 0 Å². The number of thiocarbonyl (C=S) groups is 1. The second kappa shape index (κ2) is 8.07. The molecule has 0 aliphatic rings. The third-order valence-corrected chi connectivity index (χ3v) is 3.68. The largest absolute Gasteiger partial charge is 0.460 e. The maximum Gasteiger partial charge on any atom is 0.288 e. The number of hydrogen-bond acceptors (Lipinski definition) is 4. The number of furan rings is 1. The van der Waals surface area contributed by atoms with Gasteiger partial charge in [-0.25, -0.2) is 0 Å². The van der Waals surface area contributed by atoms with Crippen LogP contribution in [-0.2, 0) is 0 Å². The molecule has 1 aromatic carbocycles. The van der Waals surface area contributed by atoms with Crippen molar-refractivity contribution < 1.29 is 13.2 Å². The summed E-state index contributed by atoms with van der Waals surface area (Å²) in [5.74, 6) is -0.970. The number of rotatable bonds is 5. The molecule has 0 bridgehead atoms. The molecule has 122 valence electrons. The van der Waals surface area contributed by atoms with Crippen LogP contribution >= 0.6 is 24.0 Å². The minimum absolute atomic E-state index is 0.293. The summed E-state index contributed by atoms with van der Waals surface area (Å²) in [6.45, 7) is 3.65. The first-order valence-electron chi connectivity index (χ1n) is 6.67. The molecular formula is C15H15F2N3OS2. The molecule has 0 aliphatic carbocycles. The van der Waals surface area contributed by atoms with Gasteiger partial charge in [0, 0.05) is 10.6 Å². The zero-order valence-electron chi connectivity index (χ0n) is 12.5. The number of nitrogens with one attached hydrogen (secondary N) is 2. The first-order chi connectivity index (χ1) is 10.9. The quantitative estimate of drug-likeness (QED) is 0.355. The molecule has 23 heavy (non-hydrogen) atoms. The van der Waals surface area contributed by atoms with Crippen molar-refractivity contribution in [3.05, 3.63) is 47.9 Å². The van der Waals surface area contributed by atoms with E-state index in [2.05, 4.69) is 15.8 Å². The average Bonchev–Trinajstić information content (AvgIpc) is 2.93. The Morgan fingerprint density at radius 2 is 1.91 bits per heavy atom. The molecular weight excluding hydrogens is 340 g/mol. The van der Waals surface area contributed by atoms with E-state index in [1.165, 1.54) is 0 Å². The number of nitrogens with zero attached hydrogens (tertiary/aromatic N) is 1. The minimum atomic E-state index is -2.43. The number of aryl methyl sites for hydroxylation is 1. The van der Waals surface area contributed by atoms with Crippen molar-refractivity contribution in [3.63, 3.8) is 0 Å². The first kappa shape index (κ1) is 17.4. The zero-order valence-corrected chi connectivity index (χ0v) is 14.1. The lowest BCUT2D eigenvalue weighted by atomic mass is 10.3. The molecule has 0 aliphatic heterocycles. The summed E-state index contributed by atoms with van der Waals surface area (Å²) in [6.07, 6.45) is 0. The van der Waals surface area contributed by atoms with E-state index in [0.29, 0.717) is 38.9 Å². The number of halogens is 2. The molecule has 2 N–H and O–H groups in total. The predicted octanol–water partition coefficient (Wildman–Crippen LogP) is 4.61. The summed E-state index contributed by atoms with van der Waals surface area (Å²) in [5, 5.41) is 7.34. The van der Waals surface area contributed by atoms with Gasteiger partial charge < -0.3 is 9.73 Å². The van der Waals surface area contributed by atoms with Crippen LogP contribution in [0.3, 0.4) is 0 Å². The molecule has 0 atom stereocenters. The Hall–Kier alpha value is -1.93. The van der Waals surface area contributed by atoms with Crippen LogP contribution in [-0.4, -0.2) is 16.6 Å². The molecule has 1 heterocycles. The van der Waals surface area contributed by atoms with Gasteiger partial charge in [-0.15, -0.1) is 0 Å². The standard InChI is InChI=1S/C15H15F2N3OS2/c1-9-3-8-13(21-9)10(2)19-20-15(22)18-11-4-6-12(7-5-11)23-14(16)17/h3-8,14H,1-2H3,(H2,18,20,22).